The van der Waals surface area contributed by atoms with Gasteiger partial charge in [0, 0.05) is 18.4 Å². The fourth-order valence-electron chi connectivity index (χ4n) is 0.999. The summed E-state index contributed by atoms with van der Waals surface area (Å²) in [6.45, 7) is 2.65. The monoisotopic (exact) mass is 260 g/mol. The molecule has 0 saturated carbocycles. The lowest BCUT2D eigenvalue weighted by molar-refractivity contribution is -0.122. The Labute approximate surface area is 102 Å². The molecule has 1 aliphatic heterocycles. The molecule has 1 saturated heterocycles. The van der Waals surface area contributed by atoms with Crippen LogP contribution < -0.4 is 11.2 Å². The molecular formula is C10H16N2O6. The topological polar surface area (TPSA) is 132 Å². The Morgan fingerprint density at radius 3 is 2.39 bits per heavy atom. The Bertz CT molecular complexity index is 446. The van der Waals surface area contributed by atoms with E-state index in [-0.39, 0.29) is 18.1 Å². The zero-order valence-corrected chi connectivity index (χ0v) is 9.88. The minimum atomic E-state index is -0.467. The minimum absolute atomic E-state index is 0.176. The number of ether oxygens (including phenoxy) is 1. The van der Waals surface area contributed by atoms with Crippen LogP contribution in [0.1, 0.15) is 12.0 Å². The first-order valence-corrected chi connectivity index (χ1v) is 5.13. The molecular weight excluding hydrogens is 244 g/mol. The number of nitrogens with one attached hydrogen (secondary N) is 2. The largest absolute Gasteiger partial charge is 0.483 e. The lowest BCUT2D eigenvalue weighted by Crippen LogP contribution is -2.22. The van der Waals surface area contributed by atoms with Crippen LogP contribution in [0, 0.1) is 6.92 Å². The molecule has 4 N–H and O–H groups in total. The summed E-state index contributed by atoms with van der Waals surface area (Å²) in [5, 5.41) is 15.5. The number of aromatic nitrogens is 2. The van der Waals surface area contributed by atoms with Gasteiger partial charge in [0.25, 0.3) is 12.0 Å². The maximum absolute atomic E-state index is 10.6. The number of aryl methyl sites for hydroxylation is 1. The molecule has 0 aromatic carbocycles. The van der Waals surface area contributed by atoms with Gasteiger partial charge in [-0.3, -0.25) is 14.6 Å². The lowest BCUT2D eigenvalue weighted by atomic mass is 10.3. The van der Waals surface area contributed by atoms with Crippen LogP contribution in [0.2, 0.25) is 0 Å². The van der Waals surface area contributed by atoms with E-state index < -0.39 is 5.69 Å². The standard InChI is InChI=1S/C5H6N2O2.C4H8O2.CH2O2/c1-3-2-6-5(9)7-4(3)8;5-4-1-2-6-3-4;2-1-3/h2H,1H3,(H2,6,7,8,9);4-5H,1-3H2;1H,(H,2,3). The molecule has 8 nitrogen and oxygen atoms in total. The highest BCUT2D eigenvalue weighted by Crippen LogP contribution is 2.00. The van der Waals surface area contributed by atoms with Gasteiger partial charge in [-0.1, -0.05) is 0 Å². The molecule has 1 atom stereocenters. The first kappa shape index (κ1) is 16.1. The number of rotatable bonds is 0. The molecule has 2 rings (SSSR count). The minimum Gasteiger partial charge on any atom is -0.483 e. The summed E-state index contributed by atoms with van der Waals surface area (Å²) in [7, 11) is 0. The van der Waals surface area contributed by atoms with Crippen molar-refractivity contribution in [1.82, 2.24) is 9.97 Å². The highest BCUT2D eigenvalue weighted by atomic mass is 16.5. The average molecular weight is 260 g/mol. The van der Waals surface area contributed by atoms with Crippen molar-refractivity contribution in [3.63, 3.8) is 0 Å². The van der Waals surface area contributed by atoms with Crippen molar-refractivity contribution in [1.29, 1.82) is 0 Å². The molecule has 18 heavy (non-hydrogen) atoms. The second-order valence-electron chi connectivity index (χ2n) is 3.38. The molecule has 0 spiro atoms. The Morgan fingerprint density at radius 1 is 1.50 bits per heavy atom. The maximum atomic E-state index is 10.6. The molecule has 1 aromatic heterocycles. The summed E-state index contributed by atoms with van der Waals surface area (Å²) in [5.41, 5.74) is -0.293. The Hall–Kier alpha value is -1.93. The predicted octanol–water partition coefficient (Wildman–Crippen LogP) is -1.16. The van der Waals surface area contributed by atoms with Gasteiger partial charge in [-0.2, -0.15) is 0 Å². The van der Waals surface area contributed by atoms with Crippen LogP contribution >= 0.6 is 0 Å². The first-order chi connectivity index (χ1) is 8.51. The van der Waals surface area contributed by atoms with Crippen LogP contribution in [0.25, 0.3) is 0 Å². The highest BCUT2D eigenvalue weighted by Gasteiger charge is 2.09. The summed E-state index contributed by atoms with van der Waals surface area (Å²) in [6.07, 6.45) is 2.02. The van der Waals surface area contributed by atoms with Crippen molar-refractivity contribution in [3.8, 4) is 0 Å². The molecule has 8 heteroatoms. The summed E-state index contributed by atoms with van der Waals surface area (Å²) in [4.78, 5) is 33.7. The summed E-state index contributed by atoms with van der Waals surface area (Å²) >= 11 is 0. The highest BCUT2D eigenvalue weighted by molar-refractivity contribution is 5.32. The Balaban J connectivity index is 0.000000278. The van der Waals surface area contributed by atoms with Gasteiger partial charge < -0.3 is 19.9 Å². The summed E-state index contributed by atoms with van der Waals surface area (Å²) < 4.78 is 4.81. The molecule has 0 bridgehead atoms. The molecule has 102 valence electrons. The summed E-state index contributed by atoms with van der Waals surface area (Å²) in [5.74, 6) is 0. The third-order valence-corrected chi connectivity index (χ3v) is 1.91. The van der Waals surface area contributed by atoms with Crippen molar-refractivity contribution in [3.05, 3.63) is 32.6 Å². The third-order valence-electron chi connectivity index (χ3n) is 1.91. The smallest absolute Gasteiger partial charge is 0.325 e. The SMILES string of the molecule is Cc1c[nH]c(=O)[nH]c1=O.O=CO.OC1CCOC1. The van der Waals surface area contributed by atoms with Crippen molar-refractivity contribution in [2.24, 2.45) is 0 Å². The van der Waals surface area contributed by atoms with Crippen LogP contribution in [0.4, 0.5) is 0 Å². The molecule has 1 aliphatic rings. The van der Waals surface area contributed by atoms with Gasteiger partial charge in [0.15, 0.2) is 0 Å². The predicted molar refractivity (Wildman–Crippen MR) is 62.6 cm³/mol. The van der Waals surface area contributed by atoms with E-state index in [4.69, 9.17) is 19.7 Å². The second kappa shape index (κ2) is 9.14. The van der Waals surface area contributed by atoms with Crippen LogP contribution in [0.5, 0.6) is 0 Å². The molecule has 0 amide bonds. The molecule has 0 aliphatic carbocycles. The van der Waals surface area contributed by atoms with E-state index >= 15 is 0 Å². The molecule has 1 fully saturated rings. The number of hydrogen-bond acceptors (Lipinski definition) is 5. The van der Waals surface area contributed by atoms with Crippen LogP contribution in [0.15, 0.2) is 15.8 Å². The molecule has 0 radical (unpaired) electrons. The first-order valence-electron chi connectivity index (χ1n) is 5.13. The van der Waals surface area contributed by atoms with Gasteiger partial charge in [-0.15, -0.1) is 0 Å². The van der Waals surface area contributed by atoms with E-state index in [1.807, 2.05) is 0 Å². The normalized spacial score (nSPS) is 16.9. The summed E-state index contributed by atoms with van der Waals surface area (Å²) in [6, 6.07) is 0. The van der Waals surface area contributed by atoms with E-state index in [0.717, 1.165) is 13.0 Å². The average Bonchev–Trinajstić information content (AvgIpc) is 2.77. The van der Waals surface area contributed by atoms with Crippen molar-refractivity contribution < 1.29 is 19.7 Å². The van der Waals surface area contributed by atoms with Crippen molar-refractivity contribution >= 4 is 6.47 Å². The zero-order valence-electron chi connectivity index (χ0n) is 9.88. The van der Waals surface area contributed by atoms with Gasteiger partial charge >= 0.3 is 5.69 Å². The quantitative estimate of drug-likeness (QED) is 0.435. The molecule has 2 heterocycles. The fourth-order valence-corrected chi connectivity index (χ4v) is 0.999. The Kier molecular flexibility index (Phi) is 8.16. The van der Waals surface area contributed by atoms with Crippen LogP contribution in [0.3, 0.4) is 0 Å². The van der Waals surface area contributed by atoms with E-state index in [9.17, 15) is 9.59 Å². The van der Waals surface area contributed by atoms with Crippen molar-refractivity contribution in [2.75, 3.05) is 13.2 Å². The second-order valence-corrected chi connectivity index (χ2v) is 3.38. The fraction of sp³-hybridized carbons (Fsp3) is 0.500. The van der Waals surface area contributed by atoms with Gasteiger partial charge in [-0.25, -0.2) is 4.79 Å². The van der Waals surface area contributed by atoms with E-state index in [0.29, 0.717) is 12.2 Å². The number of carboxylic acid groups (broad SMARTS) is 1. The van der Waals surface area contributed by atoms with E-state index in [1.165, 1.54) is 6.20 Å². The maximum Gasteiger partial charge on any atom is 0.325 e. The molecule has 1 unspecified atom stereocenters. The van der Waals surface area contributed by atoms with Crippen molar-refractivity contribution in [2.45, 2.75) is 19.4 Å². The number of hydrogen-bond donors (Lipinski definition) is 4. The number of aliphatic hydroxyl groups excluding tert-OH is 1. The van der Waals surface area contributed by atoms with Gasteiger partial charge in [0.2, 0.25) is 0 Å². The number of H-pyrrole nitrogens is 2. The number of aliphatic hydroxyl groups is 1. The third kappa shape index (κ3) is 7.36. The number of aromatic amines is 2. The van der Waals surface area contributed by atoms with Gasteiger partial charge in [0.05, 0.1) is 12.7 Å². The lowest BCUT2D eigenvalue weighted by Gasteiger charge is -1.89. The van der Waals surface area contributed by atoms with Gasteiger partial charge in [-0.05, 0) is 13.3 Å². The Morgan fingerprint density at radius 2 is 2.11 bits per heavy atom. The number of carbonyl (C=O) groups is 1. The molecule has 1 aromatic rings. The van der Waals surface area contributed by atoms with E-state index in [2.05, 4.69) is 9.97 Å². The van der Waals surface area contributed by atoms with Crippen LogP contribution in [-0.4, -0.2) is 46.0 Å². The zero-order chi connectivity index (χ0) is 14.0. The van der Waals surface area contributed by atoms with Crippen LogP contribution in [-0.2, 0) is 9.53 Å². The van der Waals surface area contributed by atoms with E-state index in [1.54, 1.807) is 6.92 Å². The van der Waals surface area contributed by atoms with Gasteiger partial charge in [0.1, 0.15) is 0 Å².